The summed E-state index contributed by atoms with van der Waals surface area (Å²) in [4.78, 5) is 11.4. The van der Waals surface area contributed by atoms with Gasteiger partial charge in [-0.25, -0.2) is 4.79 Å². The smallest absolute Gasteiger partial charge is 0.335 e. The highest BCUT2D eigenvalue weighted by Crippen LogP contribution is 2.70. The van der Waals surface area contributed by atoms with Crippen LogP contribution >= 0.6 is 0 Å². The second-order valence-electron chi connectivity index (χ2n) is 10.2. The van der Waals surface area contributed by atoms with Gasteiger partial charge in [-0.3, -0.25) is 0 Å². The second kappa shape index (κ2) is 6.53. The summed E-state index contributed by atoms with van der Waals surface area (Å²) in [6.45, 7) is 2.32. The predicted molar refractivity (Wildman–Crippen MR) is 108 cm³/mol. The SMILES string of the molecule is C[C@]12CC[C@H]3[C@@H](CCC4=C[C@H](O)CC[C@@]43CO)[C@@]1(O)CC[C@@H]2c1ccc(=O)oc1. The summed E-state index contributed by atoms with van der Waals surface area (Å²) in [6, 6.07) is 3.34. The van der Waals surface area contributed by atoms with Crippen LogP contribution in [0.5, 0.6) is 0 Å². The van der Waals surface area contributed by atoms with E-state index in [1.54, 1.807) is 6.26 Å². The molecule has 4 aliphatic rings. The van der Waals surface area contributed by atoms with Crippen molar-refractivity contribution in [2.24, 2.45) is 22.7 Å². The van der Waals surface area contributed by atoms with Crippen LogP contribution in [0.15, 0.2) is 39.3 Å². The van der Waals surface area contributed by atoms with Crippen molar-refractivity contribution in [1.29, 1.82) is 0 Å². The van der Waals surface area contributed by atoms with Crippen molar-refractivity contribution in [3.8, 4) is 0 Å². The van der Waals surface area contributed by atoms with Gasteiger partial charge in [-0.05, 0) is 80.8 Å². The number of fused-ring (bicyclic) bond motifs is 5. The Balaban J connectivity index is 1.52. The van der Waals surface area contributed by atoms with Gasteiger partial charge < -0.3 is 19.7 Å². The number of aliphatic hydroxyl groups is 3. The lowest BCUT2D eigenvalue weighted by molar-refractivity contribution is -0.185. The topological polar surface area (TPSA) is 90.9 Å². The second-order valence-corrected chi connectivity index (χ2v) is 10.2. The highest BCUT2D eigenvalue weighted by Gasteiger charge is 2.67. The van der Waals surface area contributed by atoms with Crippen molar-refractivity contribution < 1.29 is 19.7 Å². The molecule has 0 unspecified atom stereocenters. The van der Waals surface area contributed by atoms with Gasteiger partial charge in [-0.15, -0.1) is 0 Å². The van der Waals surface area contributed by atoms with Gasteiger partial charge in [0.15, 0.2) is 0 Å². The van der Waals surface area contributed by atoms with Gasteiger partial charge in [0, 0.05) is 16.9 Å². The van der Waals surface area contributed by atoms with Crippen molar-refractivity contribution in [2.75, 3.05) is 6.61 Å². The van der Waals surface area contributed by atoms with Gasteiger partial charge in [0.1, 0.15) is 0 Å². The molecule has 29 heavy (non-hydrogen) atoms. The van der Waals surface area contributed by atoms with E-state index in [4.69, 9.17) is 4.42 Å². The molecule has 1 heterocycles. The first-order chi connectivity index (χ1) is 13.8. The lowest BCUT2D eigenvalue weighted by Gasteiger charge is -2.62. The molecule has 0 amide bonds. The maximum absolute atomic E-state index is 12.2. The maximum Gasteiger partial charge on any atom is 0.335 e. The van der Waals surface area contributed by atoms with E-state index in [0.29, 0.717) is 6.42 Å². The first-order valence-electron chi connectivity index (χ1n) is 11.2. The van der Waals surface area contributed by atoms with Gasteiger partial charge in [-0.1, -0.05) is 18.6 Å². The van der Waals surface area contributed by atoms with Crippen molar-refractivity contribution in [3.63, 3.8) is 0 Å². The van der Waals surface area contributed by atoms with Crippen molar-refractivity contribution in [3.05, 3.63) is 46.0 Å². The Morgan fingerprint density at radius 3 is 2.66 bits per heavy atom. The summed E-state index contributed by atoms with van der Waals surface area (Å²) in [7, 11) is 0. The zero-order chi connectivity index (χ0) is 20.4. The fraction of sp³-hybridized carbons (Fsp3) is 0.708. The van der Waals surface area contributed by atoms with Gasteiger partial charge in [-0.2, -0.15) is 0 Å². The van der Waals surface area contributed by atoms with Crippen molar-refractivity contribution >= 4 is 0 Å². The largest absolute Gasteiger partial charge is 0.431 e. The molecule has 158 valence electrons. The maximum atomic E-state index is 12.2. The molecule has 3 saturated carbocycles. The molecule has 0 bridgehead atoms. The minimum Gasteiger partial charge on any atom is -0.431 e. The molecule has 7 atom stereocenters. The van der Waals surface area contributed by atoms with Gasteiger partial charge >= 0.3 is 5.63 Å². The molecule has 0 radical (unpaired) electrons. The Morgan fingerprint density at radius 2 is 1.93 bits per heavy atom. The van der Waals surface area contributed by atoms with Crippen LogP contribution in [0, 0.1) is 22.7 Å². The molecule has 0 spiro atoms. The fourth-order valence-electron chi connectivity index (χ4n) is 7.87. The summed E-state index contributed by atoms with van der Waals surface area (Å²) in [5.74, 6) is 0.583. The number of aliphatic hydroxyl groups excluding tert-OH is 2. The molecule has 0 aromatic carbocycles. The lowest BCUT2D eigenvalue weighted by Crippen LogP contribution is -2.61. The Morgan fingerprint density at radius 1 is 1.10 bits per heavy atom. The van der Waals surface area contributed by atoms with E-state index in [0.717, 1.165) is 50.5 Å². The molecule has 3 N–H and O–H groups in total. The highest BCUT2D eigenvalue weighted by atomic mass is 16.4. The summed E-state index contributed by atoms with van der Waals surface area (Å²) in [6.07, 6.45) is 9.92. The van der Waals surface area contributed by atoms with Crippen LogP contribution in [0.3, 0.4) is 0 Å². The van der Waals surface area contributed by atoms with Gasteiger partial charge in [0.25, 0.3) is 0 Å². The first kappa shape index (κ1) is 19.5. The summed E-state index contributed by atoms with van der Waals surface area (Å²) in [5, 5.41) is 32.8. The first-order valence-corrected chi connectivity index (χ1v) is 11.2. The van der Waals surface area contributed by atoms with Crippen LogP contribution in [-0.4, -0.2) is 33.6 Å². The van der Waals surface area contributed by atoms with Crippen molar-refractivity contribution in [2.45, 2.75) is 75.9 Å². The molecule has 5 heteroatoms. The number of rotatable bonds is 2. The fourth-order valence-corrected chi connectivity index (χ4v) is 7.87. The highest BCUT2D eigenvalue weighted by molar-refractivity contribution is 5.31. The third kappa shape index (κ3) is 2.53. The van der Waals surface area contributed by atoms with Crippen LogP contribution in [-0.2, 0) is 0 Å². The molecular weight excluding hydrogens is 368 g/mol. The average molecular weight is 401 g/mol. The standard InChI is InChI=1S/C24H32O5/c1-22-9-7-19-20(4-3-16-12-17(26)6-10-23(16,19)14-25)24(22,28)11-8-18(22)15-2-5-21(27)29-13-15/h2,5,12-13,17-20,25-26,28H,3-4,6-11,14H2,1H3/t17-,18-,19+,20-,22-,23-,24+/m1/s1. The molecule has 0 aliphatic heterocycles. The van der Waals surface area contributed by atoms with Crippen molar-refractivity contribution in [1.82, 2.24) is 0 Å². The third-order valence-electron chi connectivity index (χ3n) is 9.41. The monoisotopic (exact) mass is 400 g/mol. The van der Waals surface area contributed by atoms with Crippen LogP contribution in [0.1, 0.15) is 69.8 Å². The van der Waals surface area contributed by atoms with Gasteiger partial charge in [0.2, 0.25) is 0 Å². The quantitative estimate of drug-likeness (QED) is 0.664. The van der Waals surface area contributed by atoms with E-state index in [1.165, 1.54) is 11.6 Å². The van der Waals surface area contributed by atoms with Crippen LogP contribution in [0.4, 0.5) is 0 Å². The van der Waals surface area contributed by atoms with Crippen LogP contribution < -0.4 is 5.63 Å². The molecular formula is C24H32O5. The van der Waals surface area contributed by atoms with E-state index < -0.39 is 11.7 Å². The Hall–Kier alpha value is -1.43. The number of hydrogen-bond acceptors (Lipinski definition) is 5. The van der Waals surface area contributed by atoms with E-state index in [1.807, 2.05) is 12.1 Å². The Kier molecular flexibility index (Phi) is 4.40. The molecule has 0 saturated heterocycles. The van der Waals surface area contributed by atoms with E-state index in [9.17, 15) is 20.1 Å². The normalized spacial score (nSPS) is 46.4. The summed E-state index contributed by atoms with van der Waals surface area (Å²) in [5.41, 5.74) is 0.561. The lowest BCUT2D eigenvalue weighted by atomic mass is 9.44. The summed E-state index contributed by atoms with van der Waals surface area (Å²) >= 11 is 0. The van der Waals surface area contributed by atoms with E-state index in [-0.39, 0.29) is 40.8 Å². The molecule has 3 fully saturated rings. The molecule has 4 aliphatic carbocycles. The third-order valence-corrected chi connectivity index (χ3v) is 9.41. The minimum atomic E-state index is -0.777. The molecule has 1 aromatic rings. The van der Waals surface area contributed by atoms with E-state index >= 15 is 0 Å². The zero-order valence-corrected chi connectivity index (χ0v) is 17.1. The zero-order valence-electron chi connectivity index (χ0n) is 17.1. The predicted octanol–water partition coefficient (Wildman–Crippen LogP) is 3.13. The molecule has 1 aromatic heterocycles. The minimum absolute atomic E-state index is 0.104. The van der Waals surface area contributed by atoms with Crippen LogP contribution in [0.2, 0.25) is 0 Å². The average Bonchev–Trinajstić information content (AvgIpc) is 3.00. The molecule has 5 rings (SSSR count). The molecule has 5 nitrogen and oxygen atoms in total. The van der Waals surface area contributed by atoms with E-state index in [2.05, 4.69) is 6.92 Å². The Bertz CT molecular complexity index is 869. The Labute approximate surface area is 171 Å². The van der Waals surface area contributed by atoms with Crippen LogP contribution in [0.25, 0.3) is 0 Å². The van der Waals surface area contributed by atoms with Gasteiger partial charge in [0.05, 0.1) is 24.6 Å². The number of hydrogen-bond donors (Lipinski definition) is 3. The summed E-state index contributed by atoms with van der Waals surface area (Å²) < 4.78 is 5.15.